The number of hydrogen-bond donors (Lipinski definition) is 2. The molecule has 0 bridgehead atoms. The lowest BCUT2D eigenvalue weighted by Gasteiger charge is -2.47. The smallest absolute Gasteiger partial charge is 0.103 e. The van der Waals surface area contributed by atoms with Crippen LogP contribution in [-0.4, -0.2) is 37.6 Å². The van der Waals surface area contributed by atoms with Crippen LogP contribution in [-0.2, 0) is 0 Å². The number of hydrogen-bond acceptors (Lipinski definition) is 3. The SMILES string of the molecule is CCCC(CN)=NCC1(C)CCCNC1C1CCC(F)C(C)C1. The lowest BCUT2D eigenvalue weighted by Crippen LogP contribution is -2.55. The minimum absolute atomic E-state index is 0.181. The number of nitrogens with zero attached hydrogens (tertiary/aromatic N) is 1. The lowest BCUT2D eigenvalue weighted by atomic mass is 9.65. The van der Waals surface area contributed by atoms with Crippen molar-refractivity contribution in [2.45, 2.75) is 77.9 Å². The second kappa shape index (κ2) is 8.57. The second-order valence-corrected chi connectivity index (χ2v) is 8.09. The number of piperidine rings is 1. The molecule has 134 valence electrons. The van der Waals surface area contributed by atoms with Gasteiger partial charge in [0.1, 0.15) is 6.17 Å². The molecule has 2 fully saturated rings. The third-order valence-electron chi connectivity index (χ3n) is 6.05. The lowest BCUT2D eigenvalue weighted by molar-refractivity contribution is 0.0551. The zero-order chi connectivity index (χ0) is 16.9. The molecule has 0 spiro atoms. The Kier molecular flexibility index (Phi) is 7.02. The first kappa shape index (κ1) is 18.9. The molecule has 4 heteroatoms. The fourth-order valence-corrected chi connectivity index (χ4v) is 4.60. The quantitative estimate of drug-likeness (QED) is 0.731. The number of alkyl halides is 1. The van der Waals surface area contributed by atoms with Crippen LogP contribution in [0.5, 0.6) is 0 Å². The van der Waals surface area contributed by atoms with Crippen molar-refractivity contribution in [3.63, 3.8) is 0 Å². The molecule has 1 saturated carbocycles. The standard InChI is InChI=1S/C19H36FN3/c1-4-6-16(12-21)23-13-19(3)9-5-10-22-18(19)15-7-8-17(20)14(2)11-15/h14-15,17-18,22H,4-13,21H2,1-3H3. The highest BCUT2D eigenvalue weighted by Gasteiger charge is 2.43. The number of halogens is 1. The van der Waals surface area contributed by atoms with Gasteiger partial charge >= 0.3 is 0 Å². The average molecular weight is 326 g/mol. The Balaban J connectivity index is 2.07. The first-order chi connectivity index (χ1) is 11.0. The number of nitrogens with one attached hydrogen (secondary N) is 1. The van der Waals surface area contributed by atoms with Crippen LogP contribution in [0.2, 0.25) is 0 Å². The molecule has 0 aromatic carbocycles. The summed E-state index contributed by atoms with van der Waals surface area (Å²) in [5, 5.41) is 3.77. The Morgan fingerprint density at radius 1 is 1.39 bits per heavy atom. The van der Waals surface area contributed by atoms with Crippen LogP contribution in [0.25, 0.3) is 0 Å². The van der Waals surface area contributed by atoms with Crippen molar-refractivity contribution in [3.05, 3.63) is 0 Å². The Morgan fingerprint density at radius 3 is 2.83 bits per heavy atom. The van der Waals surface area contributed by atoms with E-state index in [1.54, 1.807) is 0 Å². The molecule has 0 aromatic heterocycles. The van der Waals surface area contributed by atoms with Gasteiger partial charge in [0, 0.05) is 30.3 Å². The molecular formula is C19H36FN3. The van der Waals surface area contributed by atoms with Gasteiger partial charge in [-0.25, -0.2) is 4.39 Å². The zero-order valence-electron chi connectivity index (χ0n) is 15.3. The van der Waals surface area contributed by atoms with Crippen molar-refractivity contribution >= 4 is 5.71 Å². The van der Waals surface area contributed by atoms with Gasteiger partial charge in [-0.1, -0.05) is 27.2 Å². The molecule has 1 aliphatic heterocycles. The molecule has 3 nitrogen and oxygen atoms in total. The van der Waals surface area contributed by atoms with Crippen LogP contribution in [0, 0.1) is 17.3 Å². The van der Waals surface area contributed by atoms with Gasteiger partial charge in [0.2, 0.25) is 0 Å². The van der Waals surface area contributed by atoms with Gasteiger partial charge in [-0.3, -0.25) is 4.99 Å². The summed E-state index contributed by atoms with van der Waals surface area (Å²) in [5.41, 5.74) is 7.17. The van der Waals surface area contributed by atoms with E-state index in [0.29, 0.717) is 18.5 Å². The van der Waals surface area contributed by atoms with E-state index < -0.39 is 6.17 Å². The van der Waals surface area contributed by atoms with Crippen LogP contribution in [0.15, 0.2) is 4.99 Å². The van der Waals surface area contributed by atoms with Gasteiger partial charge < -0.3 is 11.1 Å². The molecule has 0 amide bonds. The highest BCUT2D eigenvalue weighted by Crippen LogP contribution is 2.42. The Labute approximate surface area is 141 Å². The van der Waals surface area contributed by atoms with E-state index in [4.69, 9.17) is 10.7 Å². The van der Waals surface area contributed by atoms with Gasteiger partial charge in [-0.05, 0) is 56.9 Å². The minimum atomic E-state index is -0.604. The van der Waals surface area contributed by atoms with E-state index in [9.17, 15) is 4.39 Å². The van der Waals surface area contributed by atoms with E-state index in [0.717, 1.165) is 50.9 Å². The van der Waals surface area contributed by atoms with Crippen molar-refractivity contribution in [1.29, 1.82) is 0 Å². The molecule has 2 aliphatic rings. The van der Waals surface area contributed by atoms with Crippen molar-refractivity contribution in [1.82, 2.24) is 5.32 Å². The maximum atomic E-state index is 13.8. The maximum absolute atomic E-state index is 13.8. The van der Waals surface area contributed by atoms with Gasteiger partial charge in [-0.15, -0.1) is 0 Å². The van der Waals surface area contributed by atoms with E-state index in [1.165, 1.54) is 12.8 Å². The monoisotopic (exact) mass is 325 g/mol. The fraction of sp³-hybridized carbons (Fsp3) is 0.947. The van der Waals surface area contributed by atoms with Gasteiger partial charge in [0.25, 0.3) is 0 Å². The summed E-state index contributed by atoms with van der Waals surface area (Å²) in [6.45, 7) is 9.15. The molecule has 1 saturated heterocycles. The first-order valence-corrected chi connectivity index (χ1v) is 9.60. The normalized spacial score (nSPS) is 39.4. The largest absolute Gasteiger partial charge is 0.326 e. The second-order valence-electron chi connectivity index (χ2n) is 8.09. The van der Waals surface area contributed by atoms with Crippen LogP contribution in [0.1, 0.15) is 65.7 Å². The molecule has 2 rings (SSSR count). The number of aliphatic imine (C=N–C) groups is 1. The van der Waals surface area contributed by atoms with Gasteiger partial charge in [0.05, 0.1) is 0 Å². The molecular weight excluding hydrogens is 289 g/mol. The highest BCUT2D eigenvalue weighted by molar-refractivity contribution is 5.86. The van der Waals surface area contributed by atoms with Crippen molar-refractivity contribution in [2.75, 3.05) is 19.6 Å². The third kappa shape index (κ3) is 4.76. The van der Waals surface area contributed by atoms with E-state index in [-0.39, 0.29) is 11.3 Å². The number of rotatable bonds is 6. The van der Waals surface area contributed by atoms with Gasteiger partial charge in [0.15, 0.2) is 0 Å². The first-order valence-electron chi connectivity index (χ1n) is 9.60. The Morgan fingerprint density at radius 2 is 2.17 bits per heavy atom. The molecule has 1 heterocycles. The summed E-state index contributed by atoms with van der Waals surface area (Å²) in [5.74, 6) is 0.787. The molecule has 0 radical (unpaired) electrons. The van der Waals surface area contributed by atoms with Crippen molar-refractivity contribution < 1.29 is 4.39 Å². The maximum Gasteiger partial charge on any atom is 0.103 e. The molecule has 3 N–H and O–H groups in total. The van der Waals surface area contributed by atoms with Crippen LogP contribution in [0.3, 0.4) is 0 Å². The Bertz CT molecular complexity index is 398. The minimum Gasteiger partial charge on any atom is -0.326 e. The summed E-state index contributed by atoms with van der Waals surface area (Å²) in [6.07, 6.45) is 6.68. The predicted molar refractivity (Wildman–Crippen MR) is 96.8 cm³/mol. The van der Waals surface area contributed by atoms with E-state index in [2.05, 4.69) is 26.1 Å². The zero-order valence-corrected chi connectivity index (χ0v) is 15.3. The summed E-state index contributed by atoms with van der Waals surface area (Å²) in [6, 6.07) is 0.468. The van der Waals surface area contributed by atoms with Crippen LogP contribution < -0.4 is 11.1 Å². The molecule has 5 unspecified atom stereocenters. The summed E-state index contributed by atoms with van der Waals surface area (Å²) < 4.78 is 13.8. The van der Waals surface area contributed by atoms with E-state index in [1.807, 2.05) is 0 Å². The van der Waals surface area contributed by atoms with Crippen molar-refractivity contribution in [2.24, 2.45) is 28.0 Å². The molecule has 0 aromatic rings. The fourth-order valence-electron chi connectivity index (χ4n) is 4.60. The Hall–Kier alpha value is -0.480. The third-order valence-corrected chi connectivity index (χ3v) is 6.05. The molecule has 5 atom stereocenters. The molecule has 23 heavy (non-hydrogen) atoms. The van der Waals surface area contributed by atoms with Crippen LogP contribution >= 0.6 is 0 Å². The van der Waals surface area contributed by atoms with E-state index >= 15 is 0 Å². The number of nitrogens with two attached hydrogens (primary N) is 1. The summed E-state index contributed by atoms with van der Waals surface area (Å²) in [7, 11) is 0. The van der Waals surface area contributed by atoms with Gasteiger partial charge in [-0.2, -0.15) is 0 Å². The topological polar surface area (TPSA) is 50.4 Å². The summed E-state index contributed by atoms with van der Waals surface area (Å²) in [4.78, 5) is 4.88. The average Bonchev–Trinajstić information content (AvgIpc) is 2.54. The highest BCUT2D eigenvalue weighted by atomic mass is 19.1. The van der Waals surface area contributed by atoms with Crippen LogP contribution in [0.4, 0.5) is 4.39 Å². The molecule has 1 aliphatic carbocycles. The van der Waals surface area contributed by atoms with Crippen molar-refractivity contribution in [3.8, 4) is 0 Å². The predicted octanol–water partition coefficient (Wildman–Crippen LogP) is 3.72. The summed E-state index contributed by atoms with van der Waals surface area (Å²) >= 11 is 0.